The van der Waals surface area contributed by atoms with Crippen LogP contribution in [-0.4, -0.2) is 66.4 Å². The number of rotatable bonds is 10. The maximum atomic E-state index is 14.9. The molecule has 2 heterocycles. The molecule has 1 aliphatic carbocycles. The Labute approximate surface area is 238 Å². The topological polar surface area (TPSA) is 109 Å². The summed E-state index contributed by atoms with van der Waals surface area (Å²) in [4.78, 5) is 15.0. The Morgan fingerprint density at radius 1 is 1.02 bits per heavy atom. The Hall–Kier alpha value is -3.66. The van der Waals surface area contributed by atoms with Gasteiger partial charge in [0.2, 0.25) is 27.7 Å². The molecule has 2 aromatic heterocycles. The van der Waals surface area contributed by atoms with Crippen LogP contribution in [0.4, 0.5) is 38.0 Å². The first-order valence-electron chi connectivity index (χ1n) is 12.9. The maximum absolute atomic E-state index is 14.9. The highest BCUT2D eigenvalue weighted by molar-refractivity contribution is 7.92. The highest BCUT2D eigenvalue weighted by Crippen LogP contribution is 2.36. The number of nitrogens with one attached hydrogen (secondary N) is 2. The van der Waals surface area contributed by atoms with E-state index < -0.39 is 57.3 Å². The molecule has 0 unspecified atom stereocenters. The van der Waals surface area contributed by atoms with Crippen molar-refractivity contribution in [1.29, 1.82) is 0 Å². The van der Waals surface area contributed by atoms with E-state index in [2.05, 4.69) is 25.2 Å². The molecule has 0 spiro atoms. The van der Waals surface area contributed by atoms with Crippen LogP contribution in [0.25, 0.3) is 11.3 Å². The molecular weight excluding hydrogens is 590 g/mol. The number of alkyl halides is 3. The summed E-state index contributed by atoms with van der Waals surface area (Å²) in [6.45, 7) is 0. The summed E-state index contributed by atoms with van der Waals surface area (Å²) >= 11 is 0. The largest absolute Gasteiger partial charge is 0.435 e. The number of anilines is 2. The molecule has 16 heteroatoms. The van der Waals surface area contributed by atoms with Gasteiger partial charge < -0.3 is 15.0 Å². The van der Waals surface area contributed by atoms with Gasteiger partial charge in [0, 0.05) is 30.5 Å². The van der Waals surface area contributed by atoms with Crippen LogP contribution in [0, 0.1) is 17.5 Å². The van der Waals surface area contributed by atoms with Crippen molar-refractivity contribution in [3.05, 3.63) is 54.1 Å². The molecule has 4 rings (SSSR count). The number of ether oxygens (including phenoxy) is 1. The number of hydrogen-bond acceptors (Lipinski definition) is 8. The highest BCUT2D eigenvalue weighted by atomic mass is 32.2. The molecule has 0 aliphatic heterocycles. The Balaban J connectivity index is 1.53. The lowest BCUT2D eigenvalue weighted by Gasteiger charge is -2.32. The van der Waals surface area contributed by atoms with E-state index in [0.29, 0.717) is 23.8 Å². The molecule has 1 aromatic carbocycles. The van der Waals surface area contributed by atoms with Crippen molar-refractivity contribution >= 4 is 21.7 Å². The minimum absolute atomic E-state index is 0.158. The number of aromatic nitrogens is 3. The van der Waals surface area contributed by atoms with Crippen molar-refractivity contribution in [2.24, 2.45) is 0 Å². The summed E-state index contributed by atoms with van der Waals surface area (Å²) in [6, 6.07) is 5.62. The average molecular weight is 619 g/mol. The van der Waals surface area contributed by atoms with E-state index in [-0.39, 0.29) is 17.5 Å². The van der Waals surface area contributed by atoms with E-state index in [4.69, 9.17) is 4.74 Å². The van der Waals surface area contributed by atoms with E-state index in [1.54, 1.807) is 0 Å². The first-order chi connectivity index (χ1) is 19.7. The lowest BCUT2D eigenvalue weighted by molar-refractivity contribution is -0.129. The number of pyridine rings is 1. The molecule has 2 N–H and O–H groups in total. The Morgan fingerprint density at radius 3 is 2.40 bits per heavy atom. The normalized spacial score (nSPS) is 17.7. The smallest absolute Gasteiger partial charge is 0.390 e. The molecule has 42 heavy (non-hydrogen) atoms. The van der Waals surface area contributed by atoms with E-state index in [0.717, 1.165) is 25.7 Å². The molecule has 228 valence electrons. The number of nitrogens with zero attached hydrogens (tertiary/aromatic N) is 4. The summed E-state index contributed by atoms with van der Waals surface area (Å²) in [5.74, 6) is -7.84. The fourth-order valence-electron chi connectivity index (χ4n) is 4.47. The minimum Gasteiger partial charge on any atom is -0.435 e. The predicted molar refractivity (Wildman–Crippen MR) is 143 cm³/mol. The van der Waals surface area contributed by atoms with Crippen LogP contribution in [-0.2, 0) is 10.0 Å². The van der Waals surface area contributed by atoms with Crippen molar-refractivity contribution in [3.8, 4) is 22.9 Å². The van der Waals surface area contributed by atoms with Gasteiger partial charge in [-0.1, -0.05) is 0 Å². The molecule has 0 radical (unpaired) electrons. The van der Waals surface area contributed by atoms with Crippen molar-refractivity contribution < 1.29 is 39.5 Å². The molecule has 1 saturated carbocycles. The van der Waals surface area contributed by atoms with Crippen LogP contribution in [0.5, 0.6) is 11.6 Å². The molecule has 9 nitrogen and oxygen atoms in total. The lowest BCUT2D eigenvalue weighted by Crippen LogP contribution is -2.36. The van der Waals surface area contributed by atoms with Gasteiger partial charge in [0.15, 0.2) is 17.4 Å². The van der Waals surface area contributed by atoms with Crippen LogP contribution in [0.2, 0.25) is 0 Å². The number of halogens is 6. The van der Waals surface area contributed by atoms with Crippen LogP contribution in [0.3, 0.4) is 0 Å². The minimum atomic E-state index is -4.86. The van der Waals surface area contributed by atoms with Crippen molar-refractivity contribution in [2.45, 2.75) is 50.4 Å². The second-order valence-electron chi connectivity index (χ2n) is 9.98. The van der Waals surface area contributed by atoms with Gasteiger partial charge in [-0.3, -0.25) is 4.72 Å². The second kappa shape index (κ2) is 12.7. The number of sulfonamides is 1. The van der Waals surface area contributed by atoms with Crippen LogP contribution < -0.4 is 14.8 Å². The summed E-state index contributed by atoms with van der Waals surface area (Å²) < 4.78 is 112. The van der Waals surface area contributed by atoms with Gasteiger partial charge >= 0.3 is 6.18 Å². The van der Waals surface area contributed by atoms with Gasteiger partial charge in [0.05, 0.1) is 23.4 Å². The first kappa shape index (κ1) is 31.3. The molecule has 0 saturated heterocycles. The van der Waals surface area contributed by atoms with Gasteiger partial charge in [-0.2, -0.15) is 17.6 Å². The van der Waals surface area contributed by atoms with Crippen molar-refractivity contribution in [2.75, 3.05) is 29.9 Å². The van der Waals surface area contributed by atoms with Gasteiger partial charge in [0.1, 0.15) is 5.69 Å². The Bertz CT molecular complexity index is 1510. The van der Waals surface area contributed by atoms with Crippen LogP contribution in [0.15, 0.2) is 36.7 Å². The van der Waals surface area contributed by atoms with Crippen molar-refractivity contribution in [3.63, 3.8) is 0 Å². The fraction of sp³-hybridized carbons (Fsp3) is 0.423. The van der Waals surface area contributed by atoms with Gasteiger partial charge in [-0.05, 0) is 58.0 Å². The quantitative estimate of drug-likeness (QED) is 0.219. The summed E-state index contributed by atoms with van der Waals surface area (Å²) in [5, 5.41) is 3.31. The van der Waals surface area contributed by atoms with Gasteiger partial charge in [0.25, 0.3) is 0 Å². The van der Waals surface area contributed by atoms with E-state index in [1.165, 1.54) is 35.3 Å². The molecule has 0 amide bonds. The molecule has 3 aromatic rings. The lowest BCUT2D eigenvalue weighted by atomic mass is 9.91. The first-order valence-corrected chi connectivity index (χ1v) is 14.5. The second-order valence-corrected chi connectivity index (χ2v) is 11.8. The molecule has 1 fully saturated rings. The van der Waals surface area contributed by atoms with E-state index >= 15 is 0 Å². The number of hydrogen-bond donors (Lipinski definition) is 2. The summed E-state index contributed by atoms with van der Waals surface area (Å²) in [5.41, 5.74) is -0.932. The van der Waals surface area contributed by atoms with Crippen LogP contribution >= 0.6 is 0 Å². The molecule has 0 bridgehead atoms. The zero-order valence-corrected chi connectivity index (χ0v) is 23.4. The fourth-order valence-corrected chi connectivity index (χ4v) is 5.57. The Morgan fingerprint density at radius 2 is 1.74 bits per heavy atom. The van der Waals surface area contributed by atoms with Crippen LogP contribution in [0.1, 0.15) is 32.1 Å². The molecular formula is C26H28F6N6O3S. The maximum Gasteiger partial charge on any atom is 0.390 e. The third kappa shape index (κ3) is 8.00. The summed E-state index contributed by atoms with van der Waals surface area (Å²) in [7, 11) is -0.763. The van der Waals surface area contributed by atoms with E-state index in [9.17, 15) is 34.8 Å². The Kier molecular flexibility index (Phi) is 9.45. The average Bonchev–Trinajstić information content (AvgIpc) is 2.93. The standard InChI is InChI=1S/C26H28F6N6O3S/c1-38(2)16-7-5-15(6-8-16)35-25-34-12-9-19(36-25)17-4-3-11-33-24(17)41-20-14-18(27)23(22(29)21(20)28)37-42(39,40)13-10-26(30,31)32/h3-4,9,11-12,14-16,37H,5-8,10,13H2,1-2H3,(H,34,35,36). The van der Waals surface area contributed by atoms with E-state index in [1.807, 2.05) is 14.1 Å². The third-order valence-corrected chi connectivity index (χ3v) is 7.96. The summed E-state index contributed by atoms with van der Waals surface area (Å²) in [6.07, 6.45) is 0.0410. The van der Waals surface area contributed by atoms with Crippen molar-refractivity contribution in [1.82, 2.24) is 19.9 Å². The zero-order valence-electron chi connectivity index (χ0n) is 22.6. The number of benzene rings is 1. The molecule has 0 atom stereocenters. The molecule has 1 aliphatic rings. The third-order valence-electron chi connectivity index (χ3n) is 6.71. The highest BCUT2D eigenvalue weighted by Gasteiger charge is 2.31. The monoisotopic (exact) mass is 618 g/mol. The zero-order chi connectivity index (χ0) is 30.7. The SMILES string of the molecule is CN(C)C1CCC(Nc2nccc(-c3cccnc3Oc3cc(F)c(NS(=O)(=O)CCC(F)(F)F)c(F)c3F)n2)CC1. The van der Waals surface area contributed by atoms with Gasteiger partial charge in [-0.25, -0.2) is 32.2 Å². The van der Waals surface area contributed by atoms with Gasteiger partial charge in [-0.15, -0.1) is 0 Å². The predicted octanol–water partition coefficient (Wildman–Crippen LogP) is 5.73.